The van der Waals surface area contributed by atoms with Gasteiger partial charge in [-0.2, -0.15) is 0 Å². The average Bonchev–Trinajstić information content (AvgIpc) is 3.29. The number of aryl methyl sites for hydroxylation is 1. The number of hydrogen-bond acceptors (Lipinski definition) is 6. The number of benzene rings is 1. The number of piperazine rings is 1. The van der Waals surface area contributed by atoms with Crippen molar-refractivity contribution in [1.29, 1.82) is 0 Å². The summed E-state index contributed by atoms with van der Waals surface area (Å²) in [6.07, 6.45) is 2.85. The van der Waals surface area contributed by atoms with E-state index in [0.29, 0.717) is 10.6 Å². The summed E-state index contributed by atoms with van der Waals surface area (Å²) in [6, 6.07) is 6.49. The Hall–Kier alpha value is -2.45. The maximum absolute atomic E-state index is 13.1. The van der Waals surface area contributed by atoms with Crippen LogP contribution < -0.4 is 10.2 Å². The number of hydrogen-bond donors (Lipinski definition) is 1. The van der Waals surface area contributed by atoms with Crippen LogP contribution >= 0.6 is 11.3 Å². The zero-order valence-electron chi connectivity index (χ0n) is 16.4. The lowest BCUT2D eigenvalue weighted by Gasteiger charge is -2.35. The van der Waals surface area contributed by atoms with Gasteiger partial charge in [0.25, 0.3) is 0 Å². The van der Waals surface area contributed by atoms with Gasteiger partial charge in [-0.25, -0.2) is 9.18 Å². The van der Waals surface area contributed by atoms with E-state index in [2.05, 4.69) is 15.1 Å². The van der Waals surface area contributed by atoms with Gasteiger partial charge in [-0.15, -0.1) is 11.3 Å². The molecular weight excluding hydrogens is 393 g/mol. The highest BCUT2D eigenvalue weighted by atomic mass is 32.1. The van der Waals surface area contributed by atoms with E-state index >= 15 is 0 Å². The number of nitrogens with zero attached hydrogens (tertiary/aromatic N) is 2. The Morgan fingerprint density at radius 2 is 1.86 bits per heavy atom. The van der Waals surface area contributed by atoms with Crippen LogP contribution in [-0.4, -0.2) is 56.6 Å². The third-order valence-corrected chi connectivity index (χ3v) is 6.70. The van der Waals surface area contributed by atoms with Crippen molar-refractivity contribution in [1.82, 2.24) is 4.90 Å². The van der Waals surface area contributed by atoms with Crippen LogP contribution in [0, 0.1) is 5.82 Å². The van der Waals surface area contributed by atoms with Crippen LogP contribution in [0.15, 0.2) is 24.3 Å². The summed E-state index contributed by atoms with van der Waals surface area (Å²) in [5, 5.41) is 3.54. The van der Waals surface area contributed by atoms with Crippen LogP contribution in [0.3, 0.4) is 0 Å². The number of amides is 1. The van der Waals surface area contributed by atoms with E-state index in [9.17, 15) is 14.0 Å². The SMILES string of the molecule is COC(=O)c1c(NC(=O)CN2CCN(c3ccc(F)cc3)CC2)sc2c1CCC2. The number of methoxy groups -OCH3 is 1. The number of ether oxygens (including phenoxy) is 1. The molecule has 1 aromatic heterocycles. The largest absolute Gasteiger partial charge is 0.465 e. The summed E-state index contributed by atoms with van der Waals surface area (Å²) >= 11 is 1.49. The minimum Gasteiger partial charge on any atom is -0.465 e. The molecule has 1 aliphatic heterocycles. The Labute approximate surface area is 173 Å². The zero-order chi connectivity index (χ0) is 20.4. The van der Waals surface area contributed by atoms with Gasteiger partial charge in [0.1, 0.15) is 10.8 Å². The molecule has 6 nitrogen and oxygen atoms in total. The van der Waals surface area contributed by atoms with Crippen molar-refractivity contribution in [2.24, 2.45) is 0 Å². The number of fused-ring (bicyclic) bond motifs is 1. The molecule has 0 spiro atoms. The van der Waals surface area contributed by atoms with Crippen LogP contribution in [0.25, 0.3) is 0 Å². The van der Waals surface area contributed by atoms with Crippen molar-refractivity contribution in [3.05, 3.63) is 46.1 Å². The second kappa shape index (κ2) is 8.51. The fourth-order valence-electron chi connectivity index (χ4n) is 4.00. The second-order valence-corrected chi connectivity index (χ2v) is 8.45. The lowest BCUT2D eigenvalue weighted by molar-refractivity contribution is -0.117. The van der Waals surface area contributed by atoms with E-state index in [0.717, 1.165) is 56.7 Å². The molecule has 0 saturated carbocycles. The summed E-state index contributed by atoms with van der Waals surface area (Å²) < 4.78 is 18.0. The van der Waals surface area contributed by atoms with Crippen molar-refractivity contribution in [2.45, 2.75) is 19.3 Å². The number of thiophene rings is 1. The summed E-state index contributed by atoms with van der Waals surface area (Å²) in [7, 11) is 1.37. The monoisotopic (exact) mass is 417 g/mol. The lowest BCUT2D eigenvalue weighted by Crippen LogP contribution is -2.48. The molecule has 8 heteroatoms. The molecule has 1 aromatic carbocycles. The number of nitrogens with one attached hydrogen (secondary N) is 1. The number of carbonyl (C=O) groups is 2. The standard InChI is InChI=1S/C21H24FN3O3S/c1-28-21(27)19-16-3-2-4-17(16)29-20(19)23-18(26)13-24-9-11-25(12-10-24)15-7-5-14(22)6-8-15/h5-8H,2-4,9-13H2,1H3,(H,23,26). The highest BCUT2D eigenvalue weighted by molar-refractivity contribution is 7.17. The summed E-state index contributed by atoms with van der Waals surface area (Å²) in [5.74, 6) is -0.743. The zero-order valence-corrected chi connectivity index (χ0v) is 17.2. The van der Waals surface area contributed by atoms with Gasteiger partial charge in [-0.05, 0) is 49.1 Å². The Bertz CT molecular complexity index is 905. The smallest absolute Gasteiger partial charge is 0.341 e. The van der Waals surface area contributed by atoms with Crippen molar-refractivity contribution in [3.63, 3.8) is 0 Å². The van der Waals surface area contributed by atoms with E-state index in [-0.39, 0.29) is 24.2 Å². The van der Waals surface area contributed by atoms with E-state index < -0.39 is 0 Å². The Morgan fingerprint density at radius 3 is 2.55 bits per heavy atom. The minimum atomic E-state index is -0.382. The average molecular weight is 418 g/mol. The van der Waals surface area contributed by atoms with Crippen LogP contribution in [0.2, 0.25) is 0 Å². The van der Waals surface area contributed by atoms with Gasteiger partial charge in [0, 0.05) is 36.7 Å². The molecule has 4 rings (SSSR count). The van der Waals surface area contributed by atoms with Gasteiger partial charge in [-0.1, -0.05) is 0 Å². The van der Waals surface area contributed by atoms with Gasteiger partial charge in [0.15, 0.2) is 0 Å². The third-order valence-electron chi connectivity index (χ3n) is 5.50. The predicted molar refractivity (Wildman–Crippen MR) is 111 cm³/mol. The molecule has 1 amide bonds. The molecule has 1 saturated heterocycles. The highest BCUT2D eigenvalue weighted by Gasteiger charge is 2.28. The summed E-state index contributed by atoms with van der Waals surface area (Å²) in [5.41, 5.74) is 2.55. The topological polar surface area (TPSA) is 61.9 Å². The third kappa shape index (κ3) is 4.28. The number of rotatable bonds is 5. The molecule has 1 fully saturated rings. The molecule has 0 atom stereocenters. The lowest BCUT2D eigenvalue weighted by atomic mass is 10.1. The molecule has 0 radical (unpaired) electrons. The highest BCUT2D eigenvalue weighted by Crippen LogP contribution is 2.39. The number of esters is 1. The Morgan fingerprint density at radius 1 is 1.14 bits per heavy atom. The van der Waals surface area contributed by atoms with Crippen molar-refractivity contribution in [2.75, 3.05) is 50.1 Å². The minimum absolute atomic E-state index is 0.120. The first kappa shape index (κ1) is 19.8. The number of carbonyl (C=O) groups excluding carboxylic acids is 2. The van der Waals surface area contributed by atoms with Gasteiger partial charge < -0.3 is 15.0 Å². The molecular formula is C21H24FN3O3S. The molecule has 0 unspecified atom stereocenters. The summed E-state index contributed by atoms with van der Waals surface area (Å²) in [6.45, 7) is 3.32. The quantitative estimate of drug-likeness (QED) is 0.758. The summed E-state index contributed by atoms with van der Waals surface area (Å²) in [4.78, 5) is 30.3. The van der Waals surface area contributed by atoms with Gasteiger partial charge in [0.05, 0.1) is 19.2 Å². The van der Waals surface area contributed by atoms with Gasteiger partial charge >= 0.3 is 5.97 Å². The number of halogens is 1. The molecule has 154 valence electrons. The molecule has 2 aliphatic rings. The van der Waals surface area contributed by atoms with Gasteiger partial charge in [-0.3, -0.25) is 9.69 Å². The Balaban J connectivity index is 1.34. The second-order valence-electron chi connectivity index (χ2n) is 7.34. The molecule has 2 heterocycles. The Kier molecular flexibility index (Phi) is 5.82. The fourth-order valence-corrected chi connectivity index (χ4v) is 5.29. The van der Waals surface area contributed by atoms with Gasteiger partial charge in [0.2, 0.25) is 5.91 Å². The molecule has 0 bridgehead atoms. The maximum Gasteiger partial charge on any atom is 0.341 e. The fraction of sp³-hybridized carbons (Fsp3) is 0.429. The van der Waals surface area contributed by atoms with Crippen LogP contribution in [-0.2, 0) is 22.4 Å². The first-order valence-electron chi connectivity index (χ1n) is 9.80. The van der Waals surface area contributed by atoms with Crippen LogP contribution in [0.5, 0.6) is 0 Å². The normalized spacial score (nSPS) is 16.6. The predicted octanol–water partition coefficient (Wildman–Crippen LogP) is 2.92. The first-order valence-corrected chi connectivity index (χ1v) is 10.6. The van der Waals surface area contributed by atoms with E-state index in [1.165, 1.54) is 35.5 Å². The molecule has 1 aliphatic carbocycles. The van der Waals surface area contributed by atoms with Crippen molar-refractivity contribution in [3.8, 4) is 0 Å². The van der Waals surface area contributed by atoms with Crippen molar-refractivity contribution < 1.29 is 18.7 Å². The first-order chi connectivity index (χ1) is 14.0. The van der Waals surface area contributed by atoms with Crippen LogP contribution in [0.1, 0.15) is 27.2 Å². The van der Waals surface area contributed by atoms with E-state index in [1.807, 2.05) is 0 Å². The van der Waals surface area contributed by atoms with Crippen molar-refractivity contribution >= 4 is 33.9 Å². The van der Waals surface area contributed by atoms with Crippen LogP contribution in [0.4, 0.5) is 15.1 Å². The molecule has 1 N–H and O–H groups in total. The molecule has 29 heavy (non-hydrogen) atoms. The van der Waals surface area contributed by atoms with E-state index in [1.54, 1.807) is 12.1 Å². The number of anilines is 2. The molecule has 2 aromatic rings. The van der Waals surface area contributed by atoms with E-state index in [4.69, 9.17) is 4.74 Å². The maximum atomic E-state index is 13.1.